The van der Waals surface area contributed by atoms with Crippen molar-refractivity contribution in [2.24, 2.45) is 61.7 Å². The van der Waals surface area contributed by atoms with Crippen LogP contribution in [0.2, 0.25) is 0 Å². The van der Waals surface area contributed by atoms with E-state index in [1.165, 1.54) is 74.5 Å². The quantitative estimate of drug-likeness (QED) is 0.175. The Kier molecular flexibility index (Phi) is 20.8. The third-order valence-electron chi connectivity index (χ3n) is 16.0. The summed E-state index contributed by atoms with van der Waals surface area (Å²) in [5.74, 6) is 4.15. The zero-order chi connectivity index (χ0) is 49.3. The number of nitrogens with one attached hydrogen (secondary N) is 1. The number of amidine groups is 2. The number of hydrogen-bond donors (Lipinski definition) is 1. The van der Waals surface area contributed by atoms with E-state index in [0.717, 1.165) is 48.3 Å². The van der Waals surface area contributed by atoms with Gasteiger partial charge >= 0.3 is 0 Å². The molecule has 2 saturated carbocycles. The van der Waals surface area contributed by atoms with Gasteiger partial charge in [-0.1, -0.05) is 241 Å². The van der Waals surface area contributed by atoms with Crippen molar-refractivity contribution in [1.82, 2.24) is 5.32 Å². The Bertz CT molecular complexity index is 2200. The normalized spacial score (nSPS) is 30.8. The fourth-order valence-electron chi connectivity index (χ4n) is 12.1. The van der Waals surface area contributed by atoms with Crippen LogP contribution < -0.4 is 5.32 Å². The van der Waals surface area contributed by atoms with Crippen LogP contribution in [0.1, 0.15) is 173 Å². The Morgan fingerprint density at radius 2 is 1.54 bits per heavy atom. The number of hydrogen-bond acceptors (Lipinski definition) is 3. The molecule has 0 radical (unpaired) electrons. The first kappa shape index (κ1) is 54.4. The fourth-order valence-corrected chi connectivity index (χ4v) is 12.1. The Morgan fingerprint density at radius 3 is 2.24 bits per heavy atom. The molecule has 0 saturated heterocycles. The molecule has 68 heavy (non-hydrogen) atoms. The van der Waals surface area contributed by atoms with E-state index in [2.05, 4.69) is 215 Å². The number of allylic oxidation sites excluding steroid dienone is 20. The van der Waals surface area contributed by atoms with E-state index in [4.69, 9.17) is 9.98 Å². The highest BCUT2D eigenvalue weighted by atomic mass is 15.2. The van der Waals surface area contributed by atoms with Crippen LogP contribution >= 0.6 is 0 Å². The summed E-state index contributed by atoms with van der Waals surface area (Å²) in [6, 6.07) is 10.7. The van der Waals surface area contributed by atoms with Crippen molar-refractivity contribution in [2.75, 3.05) is 0 Å². The molecule has 4 aliphatic carbocycles. The van der Waals surface area contributed by atoms with Crippen molar-refractivity contribution >= 4 is 11.7 Å². The first-order valence-electron chi connectivity index (χ1n) is 27.2. The molecule has 3 nitrogen and oxygen atoms in total. The summed E-state index contributed by atoms with van der Waals surface area (Å²) in [5.41, 5.74) is 8.26. The van der Waals surface area contributed by atoms with E-state index in [0.29, 0.717) is 0 Å². The van der Waals surface area contributed by atoms with E-state index >= 15 is 0 Å². The molecule has 5 aliphatic rings. The third kappa shape index (κ3) is 13.2. The van der Waals surface area contributed by atoms with Crippen LogP contribution in [0.15, 0.2) is 171 Å². The summed E-state index contributed by atoms with van der Waals surface area (Å²) in [5, 5.41) is 3.90. The topological polar surface area (TPSA) is 36.8 Å². The van der Waals surface area contributed by atoms with Gasteiger partial charge in [0.05, 0.1) is 0 Å². The monoisotopic (exact) mass is 916 g/mol. The summed E-state index contributed by atoms with van der Waals surface area (Å²) in [6.45, 7) is 29.8. The summed E-state index contributed by atoms with van der Waals surface area (Å²) in [7, 11) is 0. The molecule has 368 valence electrons. The Hall–Kier alpha value is -4.50. The van der Waals surface area contributed by atoms with Crippen molar-refractivity contribution in [1.29, 1.82) is 0 Å². The molecule has 2 bridgehead atoms. The van der Waals surface area contributed by atoms with Crippen LogP contribution in [0.25, 0.3) is 0 Å². The van der Waals surface area contributed by atoms with Crippen molar-refractivity contribution < 1.29 is 0 Å². The molecule has 0 spiro atoms. The van der Waals surface area contributed by atoms with Gasteiger partial charge in [-0.05, 0) is 116 Å². The van der Waals surface area contributed by atoms with E-state index in [-0.39, 0.29) is 46.1 Å². The van der Waals surface area contributed by atoms with E-state index in [1.54, 1.807) is 11.1 Å². The molecule has 1 aromatic carbocycles. The van der Waals surface area contributed by atoms with Gasteiger partial charge in [-0.15, -0.1) is 0 Å². The number of nitrogens with zero attached hydrogens (tertiary/aromatic N) is 2. The molecule has 3 heteroatoms. The van der Waals surface area contributed by atoms with Crippen LogP contribution in [-0.4, -0.2) is 17.8 Å². The lowest BCUT2D eigenvalue weighted by Gasteiger charge is -2.46. The highest BCUT2D eigenvalue weighted by molar-refractivity contribution is 6.16. The summed E-state index contributed by atoms with van der Waals surface area (Å²) >= 11 is 0. The molecule has 0 aromatic heterocycles. The average Bonchev–Trinajstić information content (AvgIpc) is 3.63. The predicted octanol–water partition coefficient (Wildman–Crippen LogP) is 18.4. The van der Waals surface area contributed by atoms with E-state index in [9.17, 15) is 0 Å². The molecule has 0 amide bonds. The van der Waals surface area contributed by atoms with Gasteiger partial charge in [0.2, 0.25) is 0 Å². The number of benzene rings is 1. The van der Waals surface area contributed by atoms with Gasteiger partial charge in [0.25, 0.3) is 0 Å². The predicted molar refractivity (Wildman–Crippen MR) is 300 cm³/mol. The largest absolute Gasteiger partial charge is 0.325 e. The second kappa shape index (κ2) is 25.9. The number of rotatable bonds is 15. The highest BCUT2D eigenvalue weighted by Crippen LogP contribution is 2.58. The molecule has 9 unspecified atom stereocenters. The van der Waals surface area contributed by atoms with Crippen LogP contribution in [0.5, 0.6) is 0 Å². The van der Waals surface area contributed by atoms with Crippen molar-refractivity contribution in [3.05, 3.63) is 167 Å². The number of aliphatic imine (C=N–C) groups is 2. The summed E-state index contributed by atoms with van der Waals surface area (Å²) in [4.78, 5) is 11.0. The maximum atomic E-state index is 5.62. The van der Waals surface area contributed by atoms with Crippen LogP contribution in [-0.2, 0) is 0 Å². The minimum absolute atomic E-state index is 0.0712. The molecule has 2 fully saturated rings. The summed E-state index contributed by atoms with van der Waals surface area (Å²) < 4.78 is 0. The van der Waals surface area contributed by atoms with Gasteiger partial charge in [0, 0.05) is 28.4 Å². The van der Waals surface area contributed by atoms with Gasteiger partial charge in [-0.2, -0.15) is 0 Å². The minimum Gasteiger partial charge on any atom is -0.325 e. The van der Waals surface area contributed by atoms with Gasteiger partial charge in [-0.25, -0.2) is 9.98 Å². The lowest BCUT2D eigenvalue weighted by atomic mass is 9.57. The van der Waals surface area contributed by atoms with Crippen LogP contribution in [0.3, 0.4) is 0 Å². The molecular formula is C65H93N3. The van der Waals surface area contributed by atoms with Crippen LogP contribution in [0, 0.1) is 51.8 Å². The van der Waals surface area contributed by atoms with E-state index < -0.39 is 0 Å². The molecule has 1 aromatic rings. The summed E-state index contributed by atoms with van der Waals surface area (Å²) in [6.07, 6.45) is 55.2. The lowest BCUT2D eigenvalue weighted by Crippen LogP contribution is -2.41. The number of fused-ring (bicyclic) bond motifs is 2. The SMILES string of the molecule is C/C=C\C=C/C(C)C1N=C(/C2=C/C(C(C)(C)C)=C\C(C)C(C/C=C\C=C/CC)(C(C)/C=C\C=C/C)C3=C(CC=CC(C45CCCC(CC(CCC)CC4)C5)=C3)C2C)NC(c2ccccc2)=N1.CC. The first-order valence-corrected chi connectivity index (χ1v) is 27.2. The minimum atomic E-state index is -0.268. The second-order valence-corrected chi connectivity index (χ2v) is 21.6. The van der Waals surface area contributed by atoms with Gasteiger partial charge in [0.15, 0.2) is 0 Å². The Morgan fingerprint density at radius 1 is 0.838 bits per heavy atom. The molecule has 9 atom stereocenters. The van der Waals surface area contributed by atoms with Crippen molar-refractivity contribution in [3.8, 4) is 0 Å². The molecular weight excluding hydrogens is 823 g/mol. The zero-order valence-electron chi connectivity index (χ0n) is 45.1. The van der Waals surface area contributed by atoms with Gasteiger partial charge in [-0.3, -0.25) is 0 Å². The first-order chi connectivity index (χ1) is 32.8. The highest BCUT2D eigenvalue weighted by Gasteiger charge is 2.47. The average molecular weight is 916 g/mol. The third-order valence-corrected chi connectivity index (χ3v) is 16.0. The lowest BCUT2D eigenvalue weighted by molar-refractivity contribution is 0.181. The van der Waals surface area contributed by atoms with Gasteiger partial charge < -0.3 is 5.32 Å². The second-order valence-electron chi connectivity index (χ2n) is 21.6. The molecule has 1 aliphatic heterocycles. The van der Waals surface area contributed by atoms with Crippen molar-refractivity contribution in [3.63, 3.8) is 0 Å². The fraction of sp³-hybridized carbons (Fsp3) is 0.538. The molecule has 6 rings (SSSR count). The Labute approximate surface area is 417 Å². The van der Waals surface area contributed by atoms with Crippen LogP contribution in [0.4, 0.5) is 0 Å². The maximum Gasteiger partial charge on any atom is 0.150 e. The van der Waals surface area contributed by atoms with Crippen molar-refractivity contribution in [2.45, 2.75) is 173 Å². The van der Waals surface area contributed by atoms with E-state index in [1.807, 2.05) is 13.8 Å². The Balaban J connectivity index is 0.00000426. The standard InChI is InChI=1S/C63H87N3.C2H6/c1-12-16-19-20-26-39-63(47(6)31-23-18-14-3)48(7)41-54(61(9,10)11)43-56(60-65-58(46(5)30-22-17-13-2)64-59(66-60)52-33-24-21-25-34-52)49(8)55-36-27-35-53(44-57(55)63)62-38-28-32-51(45-62)42-50(29-15-4)37-40-62;1-2/h13-14,16-27,30-31,33-35,41,43-44,46-51,58H,12,15,28-29,32,36-40,42,45H2,1-11H3,(H,64,65,66);1-2H3/b17-13-,18-14-,19-16-,26-20-,30-22-,31-23-,54-41+,56-43+;. The van der Waals surface area contributed by atoms with Gasteiger partial charge in [0.1, 0.15) is 17.8 Å². The maximum absolute atomic E-state index is 5.62. The smallest absolute Gasteiger partial charge is 0.150 e. The molecule has 1 N–H and O–H groups in total. The zero-order valence-corrected chi connectivity index (χ0v) is 45.1. The molecule has 1 heterocycles.